The van der Waals surface area contributed by atoms with Crippen LogP contribution in [0.4, 0.5) is 5.69 Å². The maximum Gasteiger partial charge on any atom is 0.336 e. The molecule has 0 aliphatic carbocycles. The quantitative estimate of drug-likeness (QED) is 0.179. The molecule has 0 fully saturated rings. The molecule has 0 radical (unpaired) electrons. The van der Waals surface area contributed by atoms with Crippen LogP contribution >= 0.6 is 0 Å². The summed E-state index contributed by atoms with van der Waals surface area (Å²) in [7, 11) is 3.42. The first kappa shape index (κ1) is 25.9. The van der Waals surface area contributed by atoms with Crippen LogP contribution < -0.4 is 20.7 Å². The molecular weight excluding hydrogens is 518 g/mol. The summed E-state index contributed by atoms with van der Waals surface area (Å²) in [5.74, 6) is 1.21. The molecule has 0 atom stereocenters. The first-order valence-corrected chi connectivity index (χ1v) is 13.1. The highest BCUT2D eigenvalue weighted by atomic mass is 16.5. The lowest BCUT2D eigenvalue weighted by molar-refractivity contribution is 0.306. The summed E-state index contributed by atoms with van der Waals surface area (Å²) >= 11 is 0. The summed E-state index contributed by atoms with van der Waals surface area (Å²) in [6.07, 6.45) is 1.68. The lowest BCUT2D eigenvalue weighted by Crippen LogP contribution is -2.19. The average Bonchev–Trinajstić information content (AvgIpc) is 3.21. The normalized spacial score (nSPS) is 11.5. The highest BCUT2D eigenvalue weighted by molar-refractivity contribution is 6.03. The third-order valence-corrected chi connectivity index (χ3v) is 7.20. The van der Waals surface area contributed by atoms with Crippen LogP contribution in [0.15, 0.2) is 110 Å². The Labute approximate surface area is 235 Å². The van der Waals surface area contributed by atoms with Crippen molar-refractivity contribution in [3.8, 4) is 17.2 Å². The van der Waals surface area contributed by atoms with Crippen LogP contribution in [0.25, 0.3) is 27.4 Å². The molecule has 4 aromatic carbocycles. The fourth-order valence-corrected chi connectivity index (χ4v) is 4.98. The standard InChI is InChI=1S/C33H27N3O5/c1-21-32(33(38)36(35(21)2)24-10-5-4-6-11-24)34-19-28-26-12-8-7-9-22(26)13-15-29(28)40-20-23-17-31(37)41-30-16-14-25(39-3)18-27(23)30/h4-19H,20H2,1-3H3. The van der Waals surface area contributed by atoms with E-state index in [0.717, 1.165) is 33.1 Å². The maximum absolute atomic E-state index is 13.4. The van der Waals surface area contributed by atoms with Crippen LogP contribution in [0.5, 0.6) is 11.5 Å². The molecule has 0 saturated heterocycles. The van der Waals surface area contributed by atoms with Gasteiger partial charge in [0, 0.05) is 35.8 Å². The number of ether oxygens (including phenoxy) is 2. The van der Waals surface area contributed by atoms with Crippen LogP contribution in [-0.4, -0.2) is 22.7 Å². The van der Waals surface area contributed by atoms with Gasteiger partial charge in [-0.05, 0) is 54.1 Å². The Kier molecular flexibility index (Phi) is 6.73. The molecule has 204 valence electrons. The van der Waals surface area contributed by atoms with Crippen molar-refractivity contribution in [2.45, 2.75) is 13.5 Å². The van der Waals surface area contributed by atoms with Crippen molar-refractivity contribution >= 4 is 33.6 Å². The number of nitrogens with zero attached hydrogens (tertiary/aromatic N) is 3. The van der Waals surface area contributed by atoms with Gasteiger partial charge in [-0.1, -0.05) is 48.5 Å². The Morgan fingerprint density at radius 3 is 2.49 bits per heavy atom. The monoisotopic (exact) mass is 545 g/mol. The van der Waals surface area contributed by atoms with E-state index in [-0.39, 0.29) is 12.2 Å². The molecule has 6 rings (SSSR count). The molecule has 0 amide bonds. The number of hydrogen-bond acceptors (Lipinski definition) is 6. The SMILES string of the molecule is COc1ccc2oc(=O)cc(COc3ccc4ccccc4c3C=Nc3c(C)n(C)n(-c4ccccc4)c3=O)c2c1. The Balaban J connectivity index is 1.42. The summed E-state index contributed by atoms with van der Waals surface area (Å²) in [6.45, 7) is 1.98. The van der Waals surface area contributed by atoms with Gasteiger partial charge in [0.25, 0.3) is 5.56 Å². The van der Waals surface area contributed by atoms with E-state index >= 15 is 0 Å². The van der Waals surface area contributed by atoms with Crippen LogP contribution in [0.3, 0.4) is 0 Å². The molecule has 0 aliphatic heterocycles. The third kappa shape index (κ3) is 4.80. The molecule has 8 heteroatoms. The van der Waals surface area contributed by atoms with Crippen molar-refractivity contribution in [2.75, 3.05) is 7.11 Å². The van der Waals surface area contributed by atoms with Gasteiger partial charge in [0.1, 0.15) is 23.7 Å². The number of hydrogen-bond donors (Lipinski definition) is 0. The first-order chi connectivity index (χ1) is 19.9. The molecule has 0 bridgehead atoms. The minimum Gasteiger partial charge on any atom is -0.497 e. The lowest BCUT2D eigenvalue weighted by Gasteiger charge is -2.13. The maximum atomic E-state index is 13.4. The minimum atomic E-state index is -0.462. The number of rotatable bonds is 7. The topological polar surface area (TPSA) is 88.0 Å². The van der Waals surface area contributed by atoms with E-state index < -0.39 is 5.63 Å². The Bertz CT molecular complexity index is 2050. The molecule has 2 aromatic heterocycles. The smallest absolute Gasteiger partial charge is 0.336 e. The Hall–Kier alpha value is -5.37. The second-order valence-corrected chi connectivity index (χ2v) is 9.61. The lowest BCUT2D eigenvalue weighted by atomic mass is 10.0. The van der Waals surface area contributed by atoms with Gasteiger partial charge >= 0.3 is 5.63 Å². The van der Waals surface area contributed by atoms with E-state index in [9.17, 15) is 9.59 Å². The molecule has 0 aliphatic rings. The van der Waals surface area contributed by atoms with E-state index in [1.807, 2.05) is 86.8 Å². The molecule has 0 N–H and O–H groups in total. The van der Waals surface area contributed by atoms with Crippen molar-refractivity contribution in [2.24, 2.45) is 12.0 Å². The van der Waals surface area contributed by atoms with Crippen LogP contribution in [0.2, 0.25) is 0 Å². The predicted molar refractivity (Wildman–Crippen MR) is 160 cm³/mol. The van der Waals surface area contributed by atoms with Crippen LogP contribution in [0.1, 0.15) is 16.8 Å². The third-order valence-electron chi connectivity index (χ3n) is 7.20. The number of aromatic nitrogens is 2. The van der Waals surface area contributed by atoms with Crippen LogP contribution in [-0.2, 0) is 13.7 Å². The van der Waals surface area contributed by atoms with Gasteiger partial charge in [-0.25, -0.2) is 14.5 Å². The Morgan fingerprint density at radius 1 is 0.902 bits per heavy atom. The van der Waals surface area contributed by atoms with E-state index in [0.29, 0.717) is 28.3 Å². The zero-order chi connectivity index (χ0) is 28.5. The van der Waals surface area contributed by atoms with Gasteiger partial charge < -0.3 is 13.9 Å². The van der Waals surface area contributed by atoms with E-state index in [2.05, 4.69) is 0 Å². The Morgan fingerprint density at radius 2 is 1.68 bits per heavy atom. The van der Waals surface area contributed by atoms with Gasteiger partial charge in [0.15, 0.2) is 5.69 Å². The average molecular weight is 546 g/mol. The molecule has 8 nitrogen and oxygen atoms in total. The fraction of sp³-hybridized carbons (Fsp3) is 0.121. The van der Waals surface area contributed by atoms with E-state index in [1.165, 1.54) is 6.07 Å². The van der Waals surface area contributed by atoms with Gasteiger partial charge in [0.2, 0.25) is 0 Å². The van der Waals surface area contributed by atoms with Crippen molar-refractivity contribution in [3.05, 3.63) is 129 Å². The number of para-hydroxylation sites is 1. The molecule has 41 heavy (non-hydrogen) atoms. The number of methoxy groups -OCH3 is 1. The number of fused-ring (bicyclic) bond motifs is 2. The van der Waals surface area contributed by atoms with E-state index in [1.54, 1.807) is 34.8 Å². The molecule has 0 saturated carbocycles. The number of aliphatic imine (C=N–C) groups is 1. The highest BCUT2D eigenvalue weighted by Crippen LogP contribution is 2.30. The van der Waals surface area contributed by atoms with Crippen molar-refractivity contribution in [3.63, 3.8) is 0 Å². The summed E-state index contributed by atoms with van der Waals surface area (Å²) in [6, 6.07) is 27.9. The van der Waals surface area contributed by atoms with Gasteiger partial charge in [-0.3, -0.25) is 9.48 Å². The molecule has 0 spiro atoms. The second-order valence-electron chi connectivity index (χ2n) is 9.61. The summed E-state index contributed by atoms with van der Waals surface area (Å²) in [4.78, 5) is 30.4. The van der Waals surface area contributed by atoms with Crippen LogP contribution in [0, 0.1) is 6.92 Å². The van der Waals surface area contributed by atoms with Gasteiger partial charge in [-0.15, -0.1) is 0 Å². The van der Waals surface area contributed by atoms with Gasteiger partial charge in [-0.2, -0.15) is 0 Å². The van der Waals surface area contributed by atoms with Crippen molar-refractivity contribution in [1.82, 2.24) is 9.36 Å². The second kappa shape index (κ2) is 10.7. The highest BCUT2D eigenvalue weighted by Gasteiger charge is 2.16. The van der Waals surface area contributed by atoms with E-state index in [4.69, 9.17) is 18.9 Å². The largest absolute Gasteiger partial charge is 0.497 e. The zero-order valence-corrected chi connectivity index (χ0v) is 22.8. The molecule has 0 unspecified atom stereocenters. The van der Waals surface area contributed by atoms with Crippen molar-refractivity contribution < 1.29 is 13.9 Å². The molecule has 6 aromatic rings. The number of benzene rings is 4. The first-order valence-electron chi connectivity index (χ1n) is 13.1. The predicted octanol–water partition coefficient (Wildman–Crippen LogP) is 6.08. The van der Waals surface area contributed by atoms with Crippen molar-refractivity contribution in [1.29, 1.82) is 0 Å². The summed E-state index contributed by atoms with van der Waals surface area (Å²) in [5, 5.41) is 2.65. The summed E-state index contributed by atoms with van der Waals surface area (Å²) in [5.41, 5.74) is 2.99. The molecular formula is C33H27N3O5. The fourth-order valence-electron chi connectivity index (χ4n) is 4.98. The zero-order valence-electron chi connectivity index (χ0n) is 22.8. The molecule has 2 heterocycles. The summed E-state index contributed by atoms with van der Waals surface area (Å²) < 4.78 is 20.4. The van der Waals surface area contributed by atoms with Gasteiger partial charge in [0.05, 0.1) is 18.5 Å². The minimum absolute atomic E-state index is 0.111.